The summed E-state index contributed by atoms with van der Waals surface area (Å²) in [6.45, 7) is 2.87. The van der Waals surface area contributed by atoms with Crippen LogP contribution < -0.4 is 5.32 Å². The van der Waals surface area contributed by atoms with Gasteiger partial charge in [0.2, 0.25) is 5.91 Å². The van der Waals surface area contributed by atoms with E-state index < -0.39 is 0 Å². The molecule has 0 unspecified atom stereocenters. The van der Waals surface area contributed by atoms with Crippen molar-refractivity contribution in [3.63, 3.8) is 0 Å². The number of carbonyl (C=O) groups is 1. The predicted octanol–water partition coefficient (Wildman–Crippen LogP) is 4.44. The van der Waals surface area contributed by atoms with Crippen LogP contribution in [0.1, 0.15) is 30.6 Å². The normalized spacial score (nSPS) is 11.9. The molecule has 0 spiro atoms. The lowest BCUT2D eigenvalue weighted by Crippen LogP contribution is -2.28. The number of rotatable bonds is 7. The highest BCUT2D eigenvalue weighted by Gasteiger charge is 2.21. The van der Waals surface area contributed by atoms with Crippen molar-refractivity contribution in [2.75, 3.05) is 6.54 Å². The van der Waals surface area contributed by atoms with Crippen molar-refractivity contribution < 1.29 is 4.79 Å². The van der Waals surface area contributed by atoms with Gasteiger partial charge >= 0.3 is 0 Å². The topological polar surface area (TPSA) is 29.1 Å². The first-order valence-corrected chi connectivity index (χ1v) is 8.23. The van der Waals surface area contributed by atoms with Crippen molar-refractivity contribution in [1.82, 2.24) is 5.32 Å². The van der Waals surface area contributed by atoms with E-state index in [1.165, 1.54) is 0 Å². The van der Waals surface area contributed by atoms with Crippen LogP contribution in [-0.4, -0.2) is 12.5 Å². The smallest absolute Gasteiger partial charge is 0.237 e. The Morgan fingerprint density at radius 3 is 2.29 bits per heavy atom. The summed E-state index contributed by atoms with van der Waals surface area (Å²) >= 11 is 1.60. The molecule has 2 aromatic rings. The number of benzene rings is 2. The largest absolute Gasteiger partial charge is 0.355 e. The maximum atomic E-state index is 12.5. The van der Waals surface area contributed by atoms with Crippen LogP contribution in [0.5, 0.6) is 0 Å². The fraction of sp³-hybridized carbons (Fsp3) is 0.278. The molecule has 0 aliphatic heterocycles. The lowest BCUT2D eigenvalue weighted by molar-refractivity contribution is -0.120. The zero-order valence-electron chi connectivity index (χ0n) is 12.3. The van der Waals surface area contributed by atoms with E-state index in [1.54, 1.807) is 11.8 Å². The van der Waals surface area contributed by atoms with E-state index in [1.807, 2.05) is 60.7 Å². The number of hydrogen-bond acceptors (Lipinski definition) is 2. The van der Waals surface area contributed by atoms with E-state index in [4.69, 9.17) is 0 Å². The fourth-order valence-corrected chi connectivity index (χ4v) is 3.09. The minimum absolute atomic E-state index is 0.0866. The Hall–Kier alpha value is -1.74. The standard InChI is InChI=1S/C18H21NOS/c1-2-3-14-19-18(20)17(15-10-6-4-7-11-15)21-16-12-8-5-9-13-16/h4-13,17H,2-3,14H2,1H3,(H,19,20)/t17-/m1/s1. The maximum absolute atomic E-state index is 12.5. The number of hydrogen-bond donors (Lipinski definition) is 1. The summed E-state index contributed by atoms with van der Waals surface area (Å²) in [5, 5.41) is 2.84. The summed E-state index contributed by atoms with van der Waals surface area (Å²) in [6, 6.07) is 20.0. The molecule has 0 bridgehead atoms. The third-order valence-corrected chi connectivity index (χ3v) is 4.43. The monoisotopic (exact) mass is 299 g/mol. The lowest BCUT2D eigenvalue weighted by atomic mass is 10.1. The van der Waals surface area contributed by atoms with E-state index in [-0.39, 0.29) is 11.2 Å². The Morgan fingerprint density at radius 2 is 1.67 bits per heavy atom. The van der Waals surface area contributed by atoms with Crippen LogP contribution in [0.2, 0.25) is 0 Å². The molecule has 2 rings (SSSR count). The van der Waals surface area contributed by atoms with Crippen LogP contribution >= 0.6 is 11.8 Å². The van der Waals surface area contributed by atoms with Crippen LogP contribution in [0.4, 0.5) is 0 Å². The molecule has 21 heavy (non-hydrogen) atoms. The highest BCUT2D eigenvalue weighted by Crippen LogP contribution is 2.35. The van der Waals surface area contributed by atoms with Crippen molar-refractivity contribution in [2.24, 2.45) is 0 Å². The quantitative estimate of drug-likeness (QED) is 0.605. The molecule has 0 fully saturated rings. The summed E-state index contributed by atoms with van der Waals surface area (Å²) in [7, 11) is 0. The van der Waals surface area contributed by atoms with Gasteiger partial charge in [0.25, 0.3) is 0 Å². The first-order chi connectivity index (χ1) is 10.3. The van der Waals surface area contributed by atoms with Gasteiger partial charge in [0.1, 0.15) is 5.25 Å². The molecule has 0 aliphatic carbocycles. The van der Waals surface area contributed by atoms with Gasteiger partial charge in [-0.15, -0.1) is 11.8 Å². The van der Waals surface area contributed by atoms with Gasteiger partial charge in [0, 0.05) is 11.4 Å². The van der Waals surface area contributed by atoms with Gasteiger partial charge in [-0.05, 0) is 24.1 Å². The first kappa shape index (κ1) is 15.6. The Labute approximate surface area is 131 Å². The Balaban J connectivity index is 2.12. The van der Waals surface area contributed by atoms with Gasteiger partial charge in [-0.3, -0.25) is 4.79 Å². The average Bonchev–Trinajstić information content (AvgIpc) is 2.54. The van der Waals surface area contributed by atoms with E-state index >= 15 is 0 Å². The number of carbonyl (C=O) groups excluding carboxylic acids is 1. The van der Waals surface area contributed by atoms with E-state index in [0.717, 1.165) is 29.8 Å². The van der Waals surface area contributed by atoms with Crippen LogP contribution in [0.15, 0.2) is 65.6 Å². The molecule has 0 saturated heterocycles. The molecule has 0 aromatic heterocycles. The minimum Gasteiger partial charge on any atom is -0.355 e. The molecule has 0 heterocycles. The van der Waals surface area contributed by atoms with Crippen LogP contribution in [0.25, 0.3) is 0 Å². The molecule has 0 saturated carbocycles. The number of unbranched alkanes of at least 4 members (excludes halogenated alkanes) is 1. The summed E-state index contributed by atoms with van der Waals surface area (Å²) in [5.74, 6) is 0.0866. The van der Waals surface area contributed by atoms with Gasteiger partial charge < -0.3 is 5.32 Å². The second-order valence-corrected chi connectivity index (χ2v) is 6.04. The van der Waals surface area contributed by atoms with Gasteiger partial charge in [-0.1, -0.05) is 61.9 Å². The molecule has 1 atom stereocenters. The predicted molar refractivity (Wildman–Crippen MR) is 89.4 cm³/mol. The maximum Gasteiger partial charge on any atom is 0.237 e. The summed E-state index contributed by atoms with van der Waals surface area (Å²) in [5.41, 5.74) is 1.04. The van der Waals surface area contributed by atoms with Gasteiger partial charge in [-0.25, -0.2) is 0 Å². The highest BCUT2D eigenvalue weighted by atomic mass is 32.2. The van der Waals surface area contributed by atoms with Gasteiger partial charge in [-0.2, -0.15) is 0 Å². The molecule has 1 N–H and O–H groups in total. The van der Waals surface area contributed by atoms with Gasteiger partial charge in [0.15, 0.2) is 0 Å². The first-order valence-electron chi connectivity index (χ1n) is 7.35. The van der Waals surface area contributed by atoms with E-state index in [2.05, 4.69) is 12.2 Å². The van der Waals surface area contributed by atoms with Crippen molar-refractivity contribution in [3.05, 3.63) is 66.2 Å². The van der Waals surface area contributed by atoms with Crippen molar-refractivity contribution in [3.8, 4) is 0 Å². The van der Waals surface area contributed by atoms with Crippen molar-refractivity contribution in [2.45, 2.75) is 29.9 Å². The minimum atomic E-state index is -0.203. The molecular formula is C18H21NOS. The molecule has 0 aliphatic rings. The van der Waals surface area contributed by atoms with E-state index in [9.17, 15) is 4.79 Å². The zero-order valence-corrected chi connectivity index (χ0v) is 13.1. The van der Waals surface area contributed by atoms with E-state index in [0.29, 0.717) is 0 Å². The number of amides is 1. The van der Waals surface area contributed by atoms with Crippen LogP contribution in [0.3, 0.4) is 0 Å². The number of thioether (sulfide) groups is 1. The fourth-order valence-electron chi connectivity index (χ4n) is 2.02. The average molecular weight is 299 g/mol. The second kappa shape index (κ2) is 8.53. The highest BCUT2D eigenvalue weighted by molar-refractivity contribution is 8.00. The SMILES string of the molecule is CCCCNC(=O)[C@H](Sc1ccccc1)c1ccccc1. The molecule has 0 radical (unpaired) electrons. The Kier molecular flexibility index (Phi) is 6.35. The molecule has 110 valence electrons. The molecule has 2 aromatic carbocycles. The summed E-state index contributed by atoms with van der Waals surface area (Å²) in [4.78, 5) is 13.6. The molecule has 1 amide bonds. The summed E-state index contributed by atoms with van der Waals surface area (Å²) in [6.07, 6.45) is 2.10. The molecule has 3 heteroatoms. The third-order valence-electron chi connectivity index (χ3n) is 3.17. The van der Waals surface area contributed by atoms with Crippen molar-refractivity contribution in [1.29, 1.82) is 0 Å². The second-order valence-electron chi connectivity index (χ2n) is 4.87. The summed E-state index contributed by atoms with van der Waals surface area (Å²) < 4.78 is 0. The molecular weight excluding hydrogens is 278 g/mol. The lowest BCUT2D eigenvalue weighted by Gasteiger charge is -2.17. The van der Waals surface area contributed by atoms with Gasteiger partial charge in [0.05, 0.1) is 0 Å². The zero-order chi connectivity index (χ0) is 14.9. The van der Waals surface area contributed by atoms with Crippen LogP contribution in [0, 0.1) is 0 Å². The molecule has 2 nitrogen and oxygen atoms in total. The Bertz CT molecular complexity index is 542. The third kappa shape index (κ3) is 4.94. The van der Waals surface area contributed by atoms with Crippen molar-refractivity contribution >= 4 is 17.7 Å². The Morgan fingerprint density at radius 1 is 1.05 bits per heavy atom. The van der Waals surface area contributed by atoms with Crippen LogP contribution in [-0.2, 0) is 4.79 Å². The number of nitrogens with one attached hydrogen (secondary N) is 1.